The van der Waals surface area contributed by atoms with E-state index in [1.807, 2.05) is 52.7 Å². The van der Waals surface area contributed by atoms with E-state index >= 15 is 0 Å². The molecule has 0 N–H and O–H groups in total. The van der Waals surface area contributed by atoms with Crippen molar-refractivity contribution < 1.29 is 4.79 Å². The first-order chi connectivity index (χ1) is 18.6. The summed E-state index contributed by atoms with van der Waals surface area (Å²) >= 11 is 0. The summed E-state index contributed by atoms with van der Waals surface area (Å²) in [5, 5.41) is 0. The Morgan fingerprint density at radius 3 is 1.90 bits per heavy atom. The molecular weight excluding hydrogens is 486 g/mol. The lowest BCUT2D eigenvalue weighted by Gasteiger charge is -2.41. The van der Waals surface area contributed by atoms with Gasteiger partial charge in [0.1, 0.15) is 11.6 Å². The van der Waals surface area contributed by atoms with Gasteiger partial charge in [-0.25, -0.2) is 9.97 Å². The molecule has 0 unspecified atom stereocenters. The van der Waals surface area contributed by atoms with Crippen LogP contribution in [0.2, 0.25) is 0 Å². The Hall–Kier alpha value is -2.97. The highest BCUT2D eigenvalue weighted by Gasteiger charge is 2.40. The minimum atomic E-state index is -0.00491. The molecule has 0 atom stereocenters. The van der Waals surface area contributed by atoms with Crippen molar-refractivity contribution in [3.63, 3.8) is 0 Å². The molecule has 8 heteroatoms. The molecule has 2 saturated heterocycles. The van der Waals surface area contributed by atoms with E-state index in [0.29, 0.717) is 29.5 Å². The van der Waals surface area contributed by atoms with Gasteiger partial charge in [-0.3, -0.25) is 9.69 Å². The quantitative estimate of drug-likeness (QED) is 0.433. The Labute approximate surface area is 233 Å². The van der Waals surface area contributed by atoms with Gasteiger partial charge < -0.3 is 18.9 Å². The van der Waals surface area contributed by atoms with E-state index in [0.717, 1.165) is 18.2 Å². The van der Waals surface area contributed by atoms with Crippen LogP contribution in [0.3, 0.4) is 0 Å². The van der Waals surface area contributed by atoms with Crippen molar-refractivity contribution in [3.05, 3.63) is 71.8 Å². The number of nitrogens with zero attached hydrogens (tertiary/aromatic N) is 7. The molecule has 8 nitrogen and oxygen atoms in total. The maximum Gasteiger partial charge on any atom is 0.254 e. The van der Waals surface area contributed by atoms with Crippen molar-refractivity contribution in [2.45, 2.75) is 59.7 Å². The Morgan fingerprint density at radius 2 is 1.41 bits per heavy atom. The average molecular weight is 532 g/mol. The van der Waals surface area contributed by atoms with Gasteiger partial charge >= 0.3 is 0 Å². The number of rotatable bonds is 8. The smallest absolute Gasteiger partial charge is 0.254 e. The number of hydrogen-bond donors (Lipinski definition) is 0. The first-order valence-corrected chi connectivity index (χ1v) is 14.3. The van der Waals surface area contributed by atoms with Crippen molar-refractivity contribution in [3.8, 4) is 0 Å². The molecule has 0 aliphatic carbocycles. The SMILES string of the molecule is Cn1ccnc1CN(Cc1nccn1C)C(=O)c1ccc(CN2CCC3(CCN(CC(C)(C)C)CC3)C2)cc1. The van der Waals surface area contributed by atoms with Crippen LogP contribution in [0.15, 0.2) is 49.1 Å². The molecule has 0 bridgehead atoms. The van der Waals surface area contributed by atoms with Gasteiger partial charge in [0, 0.05) is 64.1 Å². The summed E-state index contributed by atoms with van der Waals surface area (Å²) in [6.07, 6.45) is 11.3. The number of carbonyl (C=O) groups is 1. The van der Waals surface area contributed by atoms with Gasteiger partial charge in [0.05, 0.1) is 13.1 Å². The second-order valence-corrected chi connectivity index (χ2v) is 13.1. The normalized spacial score (nSPS) is 18.2. The van der Waals surface area contributed by atoms with Crippen LogP contribution < -0.4 is 0 Å². The molecule has 0 saturated carbocycles. The molecule has 1 spiro atoms. The van der Waals surface area contributed by atoms with Gasteiger partial charge in [0.25, 0.3) is 5.91 Å². The van der Waals surface area contributed by atoms with Crippen molar-refractivity contribution in [2.24, 2.45) is 24.9 Å². The Kier molecular flexibility index (Phi) is 7.96. The monoisotopic (exact) mass is 531 g/mol. The molecule has 2 aliphatic heterocycles. The largest absolute Gasteiger partial charge is 0.337 e. The van der Waals surface area contributed by atoms with Crippen LogP contribution >= 0.6 is 0 Å². The summed E-state index contributed by atoms with van der Waals surface area (Å²) in [6.45, 7) is 14.8. The van der Waals surface area contributed by atoms with E-state index in [9.17, 15) is 4.79 Å². The number of carbonyl (C=O) groups excluding carboxylic acids is 1. The highest BCUT2D eigenvalue weighted by Crippen LogP contribution is 2.41. The Balaban J connectivity index is 1.20. The van der Waals surface area contributed by atoms with E-state index in [4.69, 9.17) is 0 Å². The number of aryl methyl sites for hydroxylation is 2. The van der Waals surface area contributed by atoms with E-state index in [1.165, 1.54) is 57.5 Å². The molecule has 2 fully saturated rings. The molecule has 5 rings (SSSR count). The number of aromatic nitrogens is 4. The summed E-state index contributed by atoms with van der Waals surface area (Å²) < 4.78 is 3.91. The van der Waals surface area contributed by atoms with Gasteiger partial charge in [0.15, 0.2) is 0 Å². The third kappa shape index (κ3) is 6.79. The number of benzene rings is 1. The van der Waals surface area contributed by atoms with Gasteiger partial charge in [0.2, 0.25) is 0 Å². The third-order valence-corrected chi connectivity index (χ3v) is 8.53. The molecule has 2 aromatic heterocycles. The molecule has 3 aromatic rings. The zero-order valence-electron chi connectivity index (χ0n) is 24.4. The minimum absolute atomic E-state index is 0.00491. The lowest BCUT2D eigenvalue weighted by molar-refractivity contribution is 0.0718. The third-order valence-electron chi connectivity index (χ3n) is 8.53. The van der Waals surface area contributed by atoms with Crippen molar-refractivity contribution in [1.82, 2.24) is 33.8 Å². The zero-order valence-corrected chi connectivity index (χ0v) is 24.4. The molecule has 1 aromatic carbocycles. The summed E-state index contributed by atoms with van der Waals surface area (Å²) in [6, 6.07) is 8.23. The van der Waals surface area contributed by atoms with Crippen LogP contribution in [-0.2, 0) is 33.7 Å². The highest BCUT2D eigenvalue weighted by molar-refractivity contribution is 5.94. The Morgan fingerprint density at radius 1 is 0.872 bits per heavy atom. The molecule has 2 aliphatic rings. The van der Waals surface area contributed by atoms with E-state index in [1.54, 1.807) is 12.4 Å². The first-order valence-electron chi connectivity index (χ1n) is 14.3. The lowest BCUT2D eigenvalue weighted by atomic mass is 9.77. The van der Waals surface area contributed by atoms with E-state index in [-0.39, 0.29) is 5.91 Å². The van der Waals surface area contributed by atoms with Crippen molar-refractivity contribution in [1.29, 1.82) is 0 Å². The van der Waals surface area contributed by atoms with Crippen LogP contribution in [0.5, 0.6) is 0 Å². The molecule has 4 heterocycles. The van der Waals surface area contributed by atoms with Crippen LogP contribution in [0.1, 0.15) is 67.6 Å². The van der Waals surface area contributed by atoms with Crippen LogP contribution in [-0.4, -0.2) is 72.4 Å². The lowest BCUT2D eigenvalue weighted by Crippen LogP contribution is -2.44. The van der Waals surface area contributed by atoms with Crippen LogP contribution in [0, 0.1) is 10.8 Å². The minimum Gasteiger partial charge on any atom is -0.337 e. The Bertz CT molecular complexity index is 1200. The van der Waals surface area contributed by atoms with Gasteiger partial charge in [-0.05, 0) is 67.4 Å². The summed E-state index contributed by atoms with van der Waals surface area (Å²) in [5.41, 5.74) is 2.83. The predicted octanol–water partition coefficient (Wildman–Crippen LogP) is 4.33. The highest BCUT2D eigenvalue weighted by atomic mass is 16.2. The summed E-state index contributed by atoms with van der Waals surface area (Å²) in [5.74, 6) is 1.69. The second-order valence-electron chi connectivity index (χ2n) is 13.1. The van der Waals surface area contributed by atoms with Gasteiger partial charge in [-0.15, -0.1) is 0 Å². The molecule has 0 radical (unpaired) electrons. The molecule has 1 amide bonds. The van der Waals surface area contributed by atoms with Gasteiger partial charge in [-0.2, -0.15) is 0 Å². The average Bonchev–Trinajstić information content (AvgIpc) is 3.61. The van der Waals surface area contributed by atoms with Crippen molar-refractivity contribution >= 4 is 5.91 Å². The fraction of sp³-hybridized carbons (Fsp3) is 0.581. The second kappa shape index (κ2) is 11.3. The maximum absolute atomic E-state index is 13.6. The predicted molar refractivity (Wildman–Crippen MR) is 154 cm³/mol. The topological polar surface area (TPSA) is 62.4 Å². The van der Waals surface area contributed by atoms with E-state index < -0.39 is 0 Å². The molecule has 39 heavy (non-hydrogen) atoms. The van der Waals surface area contributed by atoms with Crippen LogP contribution in [0.25, 0.3) is 0 Å². The number of hydrogen-bond acceptors (Lipinski definition) is 5. The first kappa shape index (κ1) is 27.6. The number of amides is 1. The summed E-state index contributed by atoms with van der Waals surface area (Å²) in [7, 11) is 3.91. The van der Waals surface area contributed by atoms with Crippen LogP contribution in [0.4, 0.5) is 0 Å². The maximum atomic E-state index is 13.6. The number of likely N-dealkylation sites (tertiary alicyclic amines) is 2. The molecular formula is C31H45N7O. The zero-order chi connectivity index (χ0) is 27.6. The number of imidazole rings is 2. The fourth-order valence-electron chi connectivity index (χ4n) is 6.26. The van der Waals surface area contributed by atoms with Gasteiger partial charge in [-0.1, -0.05) is 32.9 Å². The standard InChI is InChI=1S/C31H45N7O/c1-30(2,3)23-36-15-10-31(11-16-36)12-17-37(24-31)20-25-6-8-26(9-7-25)29(39)38(21-27-32-13-18-34(27)4)22-28-33-14-19-35(28)5/h6-9,13-14,18-19H,10-12,15-17,20-24H2,1-5H3. The summed E-state index contributed by atoms with van der Waals surface area (Å²) in [4.78, 5) is 29.6. The fourth-order valence-corrected chi connectivity index (χ4v) is 6.26. The van der Waals surface area contributed by atoms with E-state index in [2.05, 4.69) is 52.7 Å². The molecule has 210 valence electrons. The van der Waals surface area contributed by atoms with Crippen molar-refractivity contribution in [2.75, 3.05) is 32.7 Å². The number of piperidine rings is 1.